The Kier molecular flexibility index (Phi) is 5.11. The Bertz CT molecular complexity index is 1350. The largest absolute Gasteiger partial charge is 0.451 e. The van der Waals surface area contributed by atoms with Gasteiger partial charge in [-0.25, -0.2) is 13.4 Å². The first kappa shape index (κ1) is 20.2. The molecule has 0 unspecified atom stereocenters. The molecule has 0 fully saturated rings. The minimum absolute atomic E-state index is 0.0586. The Morgan fingerprint density at radius 2 is 1.83 bits per heavy atom. The number of para-hydroxylation sites is 3. The van der Waals surface area contributed by atoms with Gasteiger partial charge >= 0.3 is 0 Å². The molecule has 1 amide bonds. The number of fused-ring (bicyclic) bond motifs is 2. The van der Waals surface area contributed by atoms with Crippen molar-refractivity contribution in [2.45, 2.75) is 25.8 Å². The summed E-state index contributed by atoms with van der Waals surface area (Å²) in [5.74, 6) is 0.185. The average molecular weight is 426 g/mol. The molecule has 30 heavy (non-hydrogen) atoms. The number of hydrogen-bond acceptors (Lipinski definition) is 5. The maximum absolute atomic E-state index is 13.2. The van der Waals surface area contributed by atoms with Crippen molar-refractivity contribution in [1.29, 1.82) is 0 Å². The number of nitrogens with zero attached hydrogens (tertiary/aromatic N) is 3. The van der Waals surface area contributed by atoms with E-state index in [-0.39, 0.29) is 24.0 Å². The van der Waals surface area contributed by atoms with Gasteiger partial charge in [-0.1, -0.05) is 30.3 Å². The average Bonchev–Trinajstić information content (AvgIpc) is 3.24. The van der Waals surface area contributed by atoms with Crippen LogP contribution in [0.1, 0.15) is 28.9 Å². The third-order valence-corrected chi connectivity index (χ3v) is 5.89. The summed E-state index contributed by atoms with van der Waals surface area (Å²) in [7, 11) is -1.69. The molecule has 2 aromatic heterocycles. The van der Waals surface area contributed by atoms with Gasteiger partial charge < -0.3 is 13.9 Å². The number of carbonyl (C=O) groups excluding carboxylic acids is 1. The van der Waals surface area contributed by atoms with Crippen molar-refractivity contribution in [2.24, 2.45) is 0 Å². The minimum atomic E-state index is -3.35. The van der Waals surface area contributed by atoms with Crippen LogP contribution in [-0.2, 0) is 28.7 Å². The van der Waals surface area contributed by atoms with Crippen molar-refractivity contribution < 1.29 is 17.6 Å². The standard InChI is InChI=1S/C22H23N3O4S/c1-4-25-18-11-7-6-10-17(18)23-20(25)13-24(2)22(26)21-16(14-30(3,27)28)15-9-5-8-12-19(15)29-21/h5-12H,4,13-14H2,1-3H3. The molecule has 0 aliphatic carbocycles. The summed E-state index contributed by atoms with van der Waals surface area (Å²) in [6.45, 7) is 3.03. The molecular formula is C22H23N3O4S. The summed E-state index contributed by atoms with van der Waals surface area (Å²) in [5, 5.41) is 0.639. The highest BCUT2D eigenvalue weighted by molar-refractivity contribution is 7.89. The second kappa shape index (κ2) is 7.60. The molecule has 2 heterocycles. The third-order valence-electron chi connectivity index (χ3n) is 5.07. The SMILES string of the molecule is CCn1c(CN(C)C(=O)c2oc3ccccc3c2CS(C)(=O)=O)nc2ccccc21. The second-order valence-electron chi connectivity index (χ2n) is 7.40. The summed E-state index contributed by atoms with van der Waals surface area (Å²) in [6, 6.07) is 14.9. The fraction of sp³-hybridized carbons (Fsp3) is 0.273. The van der Waals surface area contributed by atoms with Gasteiger partial charge in [0.15, 0.2) is 15.6 Å². The lowest BCUT2D eigenvalue weighted by atomic mass is 10.1. The van der Waals surface area contributed by atoms with Gasteiger partial charge in [-0.15, -0.1) is 0 Å². The van der Waals surface area contributed by atoms with Gasteiger partial charge in [0.25, 0.3) is 5.91 Å². The lowest BCUT2D eigenvalue weighted by molar-refractivity contribution is 0.0750. The van der Waals surface area contributed by atoms with Crippen molar-refractivity contribution in [3.8, 4) is 0 Å². The summed E-state index contributed by atoms with van der Waals surface area (Å²) < 4.78 is 31.8. The zero-order valence-corrected chi connectivity index (χ0v) is 17.9. The number of hydrogen-bond donors (Lipinski definition) is 0. The zero-order chi connectivity index (χ0) is 21.5. The number of carbonyl (C=O) groups is 1. The molecule has 2 aromatic carbocycles. The highest BCUT2D eigenvalue weighted by Crippen LogP contribution is 2.29. The predicted octanol–water partition coefficient (Wildman–Crippen LogP) is 3.62. The smallest absolute Gasteiger partial charge is 0.290 e. The molecule has 0 atom stereocenters. The lowest BCUT2D eigenvalue weighted by Crippen LogP contribution is -2.28. The van der Waals surface area contributed by atoms with E-state index in [0.717, 1.165) is 29.7 Å². The second-order valence-corrected chi connectivity index (χ2v) is 9.54. The lowest BCUT2D eigenvalue weighted by Gasteiger charge is -2.17. The predicted molar refractivity (Wildman–Crippen MR) is 116 cm³/mol. The van der Waals surface area contributed by atoms with Crippen LogP contribution in [-0.4, -0.2) is 42.1 Å². The fourth-order valence-corrected chi connectivity index (χ4v) is 4.54. The maximum Gasteiger partial charge on any atom is 0.290 e. The van der Waals surface area contributed by atoms with E-state index in [1.54, 1.807) is 31.3 Å². The van der Waals surface area contributed by atoms with E-state index in [9.17, 15) is 13.2 Å². The van der Waals surface area contributed by atoms with Gasteiger partial charge in [-0.05, 0) is 25.1 Å². The van der Waals surface area contributed by atoms with E-state index in [0.29, 0.717) is 16.5 Å². The Balaban J connectivity index is 1.71. The molecule has 156 valence electrons. The molecular weight excluding hydrogens is 402 g/mol. The summed E-state index contributed by atoms with van der Waals surface area (Å²) in [4.78, 5) is 19.4. The van der Waals surface area contributed by atoms with Gasteiger partial charge in [-0.2, -0.15) is 0 Å². The molecule has 0 aliphatic rings. The normalized spacial score (nSPS) is 12.0. The van der Waals surface area contributed by atoms with Crippen molar-refractivity contribution in [2.75, 3.05) is 13.3 Å². The molecule has 0 spiro atoms. The van der Waals surface area contributed by atoms with E-state index in [1.807, 2.05) is 31.2 Å². The number of sulfone groups is 1. The molecule has 0 aliphatic heterocycles. The Morgan fingerprint density at radius 1 is 1.13 bits per heavy atom. The van der Waals surface area contributed by atoms with Crippen LogP contribution in [0.5, 0.6) is 0 Å². The van der Waals surface area contributed by atoms with Gasteiger partial charge in [0.2, 0.25) is 0 Å². The van der Waals surface area contributed by atoms with Gasteiger partial charge in [0, 0.05) is 30.8 Å². The van der Waals surface area contributed by atoms with E-state index in [2.05, 4.69) is 9.55 Å². The maximum atomic E-state index is 13.2. The molecule has 7 nitrogen and oxygen atoms in total. The summed E-state index contributed by atoms with van der Waals surface area (Å²) in [5.41, 5.74) is 2.77. The number of furan rings is 1. The topological polar surface area (TPSA) is 85.4 Å². The first-order chi connectivity index (χ1) is 14.3. The van der Waals surface area contributed by atoms with E-state index >= 15 is 0 Å². The van der Waals surface area contributed by atoms with E-state index in [4.69, 9.17) is 4.42 Å². The van der Waals surface area contributed by atoms with Crippen LogP contribution in [0.25, 0.3) is 22.0 Å². The minimum Gasteiger partial charge on any atom is -0.451 e. The Labute approximate surface area is 174 Å². The number of benzene rings is 2. The number of amides is 1. The summed E-state index contributed by atoms with van der Waals surface area (Å²) in [6.07, 6.45) is 1.15. The van der Waals surface area contributed by atoms with Crippen LogP contribution in [0.3, 0.4) is 0 Å². The van der Waals surface area contributed by atoms with Crippen LogP contribution >= 0.6 is 0 Å². The molecule has 0 radical (unpaired) electrons. The van der Waals surface area contributed by atoms with Crippen LogP contribution in [0, 0.1) is 0 Å². The van der Waals surface area contributed by atoms with Crippen LogP contribution in [0.4, 0.5) is 0 Å². The fourth-order valence-electron chi connectivity index (χ4n) is 3.73. The van der Waals surface area contributed by atoms with Crippen LogP contribution in [0.15, 0.2) is 52.9 Å². The van der Waals surface area contributed by atoms with Crippen LogP contribution in [0.2, 0.25) is 0 Å². The first-order valence-corrected chi connectivity index (χ1v) is 11.7. The zero-order valence-electron chi connectivity index (χ0n) is 17.1. The van der Waals surface area contributed by atoms with Crippen LogP contribution < -0.4 is 0 Å². The number of imidazole rings is 1. The van der Waals surface area contributed by atoms with Gasteiger partial charge in [-0.3, -0.25) is 4.79 Å². The molecule has 8 heteroatoms. The molecule has 0 saturated carbocycles. The van der Waals surface area contributed by atoms with Crippen molar-refractivity contribution >= 4 is 37.7 Å². The third kappa shape index (κ3) is 3.70. The quantitative estimate of drug-likeness (QED) is 0.471. The number of aryl methyl sites for hydroxylation is 1. The highest BCUT2D eigenvalue weighted by Gasteiger charge is 2.26. The van der Waals surface area contributed by atoms with Crippen molar-refractivity contribution in [3.63, 3.8) is 0 Å². The molecule has 4 aromatic rings. The molecule has 4 rings (SSSR count). The van der Waals surface area contributed by atoms with E-state index < -0.39 is 9.84 Å². The van der Waals surface area contributed by atoms with Crippen molar-refractivity contribution in [3.05, 3.63) is 65.7 Å². The van der Waals surface area contributed by atoms with Crippen molar-refractivity contribution in [1.82, 2.24) is 14.5 Å². The molecule has 0 N–H and O–H groups in total. The molecule has 0 saturated heterocycles. The number of aromatic nitrogens is 2. The van der Waals surface area contributed by atoms with Gasteiger partial charge in [0.05, 0.1) is 23.3 Å². The highest BCUT2D eigenvalue weighted by atomic mass is 32.2. The summed E-state index contributed by atoms with van der Waals surface area (Å²) >= 11 is 0. The van der Waals surface area contributed by atoms with E-state index in [1.165, 1.54) is 4.90 Å². The Morgan fingerprint density at radius 3 is 2.57 bits per heavy atom. The number of rotatable bonds is 6. The first-order valence-electron chi connectivity index (χ1n) is 9.66. The molecule has 0 bridgehead atoms. The monoisotopic (exact) mass is 425 g/mol. The Hall–Kier alpha value is -3.13. The van der Waals surface area contributed by atoms with Gasteiger partial charge in [0.1, 0.15) is 11.4 Å².